The molecule has 0 spiro atoms. The number of carbonyl (C=O) groups excluding carboxylic acids is 1. The third kappa shape index (κ3) is 3.71. The van der Waals surface area contributed by atoms with Crippen molar-refractivity contribution in [2.75, 3.05) is 6.54 Å². The minimum absolute atomic E-state index is 0.0757. The first kappa shape index (κ1) is 15.3. The van der Waals surface area contributed by atoms with Crippen LogP contribution in [-0.2, 0) is 6.54 Å². The lowest BCUT2D eigenvalue weighted by Crippen LogP contribution is -2.52. The molecule has 0 radical (unpaired) electrons. The number of hydrogen-bond acceptors (Lipinski definition) is 4. The molecule has 0 saturated carbocycles. The van der Waals surface area contributed by atoms with E-state index in [0.29, 0.717) is 13.1 Å². The highest BCUT2D eigenvalue weighted by Crippen LogP contribution is 2.22. The van der Waals surface area contributed by atoms with Crippen molar-refractivity contribution in [3.05, 3.63) is 11.9 Å². The van der Waals surface area contributed by atoms with Gasteiger partial charge in [-0.15, -0.1) is 5.10 Å². The smallest absolute Gasteiger partial charge is 0.358 e. The molecule has 2 atom stereocenters. The monoisotopic (exact) mass is 295 g/mol. The number of nitrogens with one attached hydrogen (secondary N) is 1. The number of rotatable bonds is 4. The van der Waals surface area contributed by atoms with Crippen LogP contribution in [0.5, 0.6) is 0 Å². The Morgan fingerprint density at radius 1 is 1.38 bits per heavy atom. The van der Waals surface area contributed by atoms with E-state index < -0.39 is 5.97 Å². The minimum atomic E-state index is -1.11. The van der Waals surface area contributed by atoms with E-state index in [-0.39, 0.29) is 23.8 Å². The lowest BCUT2D eigenvalue weighted by molar-refractivity contribution is 0.0690. The number of carbonyl (C=O) groups is 2. The zero-order valence-corrected chi connectivity index (χ0v) is 12.3. The number of nitrogens with zero attached hydrogens (tertiary/aromatic N) is 4. The van der Waals surface area contributed by atoms with Crippen molar-refractivity contribution in [1.82, 2.24) is 25.2 Å². The number of likely N-dealkylation sites (tertiary alicyclic amines) is 1. The molecule has 116 valence electrons. The van der Waals surface area contributed by atoms with E-state index in [4.69, 9.17) is 5.11 Å². The third-order valence-corrected chi connectivity index (χ3v) is 3.80. The SMILES string of the molecule is CC1CCCC(C)N1C(=O)NCCn1cc(C(=O)O)nn1. The highest BCUT2D eigenvalue weighted by atomic mass is 16.4. The summed E-state index contributed by atoms with van der Waals surface area (Å²) in [7, 11) is 0. The fourth-order valence-electron chi connectivity index (χ4n) is 2.70. The highest BCUT2D eigenvalue weighted by molar-refractivity contribution is 5.84. The van der Waals surface area contributed by atoms with Crippen molar-refractivity contribution < 1.29 is 14.7 Å². The molecule has 1 aliphatic rings. The summed E-state index contributed by atoms with van der Waals surface area (Å²) in [5.74, 6) is -1.11. The Morgan fingerprint density at radius 3 is 2.62 bits per heavy atom. The lowest BCUT2D eigenvalue weighted by Gasteiger charge is -2.38. The number of carboxylic acids is 1. The Morgan fingerprint density at radius 2 is 2.05 bits per heavy atom. The van der Waals surface area contributed by atoms with Gasteiger partial charge in [-0.2, -0.15) is 0 Å². The van der Waals surface area contributed by atoms with Crippen molar-refractivity contribution in [1.29, 1.82) is 0 Å². The van der Waals surface area contributed by atoms with Crippen molar-refractivity contribution in [3.8, 4) is 0 Å². The lowest BCUT2D eigenvalue weighted by atomic mass is 9.98. The molecule has 1 aromatic heterocycles. The largest absolute Gasteiger partial charge is 0.476 e. The maximum atomic E-state index is 12.2. The van der Waals surface area contributed by atoms with Gasteiger partial charge in [0.25, 0.3) is 0 Å². The summed E-state index contributed by atoms with van der Waals surface area (Å²) < 4.78 is 1.41. The summed E-state index contributed by atoms with van der Waals surface area (Å²) in [4.78, 5) is 24.8. The molecule has 2 heterocycles. The van der Waals surface area contributed by atoms with Crippen molar-refractivity contribution in [2.24, 2.45) is 0 Å². The van der Waals surface area contributed by atoms with Gasteiger partial charge in [-0.1, -0.05) is 5.21 Å². The Hall–Kier alpha value is -2.12. The minimum Gasteiger partial charge on any atom is -0.476 e. The summed E-state index contributed by atoms with van der Waals surface area (Å²) in [6.45, 7) is 4.90. The van der Waals surface area contributed by atoms with E-state index in [1.54, 1.807) is 0 Å². The molecule has 0 aliphatic carbocycles. The summed E-state index contributed by atoms with van der Waals surface area (Å²) in [6, 6.07) is 0.422. The van der Waals surface area contributed by atoms with E-state index in [1.807, 2.05) is 4.90 Å². The predicted octanol–water partition coefficient (Wildman–Crippen LogP) is 0.949. The van der Waals surface area contributed by atoms with Gasteiger partial charge in [0.2, 0.25) is 0 Å². The molecule has 8 heteroatoms. The average molecular weight is 295 g/mol. The first-order chi connectivity index (χ1) is 9.99. The molecule has 2 amide bonds. The van der Waals surface area contributed by atoms with Crippen molar-refractivity contribution in [2.45, 2.75) is 51.7 Å². The molecule has 2 N–H and O–H groups in total. The Balaban J connectivity index is 1.82. The van der Waals surface area contributed by atoms with Crippen LogP contribution in [-0.4, -0.2) is 55.6 Å². The van der Waals surface area contributed by atoms with Gasteiger partial charge in [-0.3, -0.25) is 0 Å². The van der Waals surface area contributed by atoms with Gasteiger partial charge in [-0.05, 0) is 33.1 Å². The van der Waals surface area contributed by atoms with Gasteiger partial charge >= 0.3 is 12.0 Å². The number of amides is 2. The molecule has 1 fully saturated rings. The normalized spacial score (nSPS) is 22.1. The standard InChI is InChI=1S/C13H21N5O3/c1-9-4-3-5-10(2)18(9)13(21)14-6-7-17-8-11(12(19)20)15-16-17/h8-10H,3-7H2,1-2H3,(H,14,21)(H,19,20). The molecule has 0 aromatic carbocycles. The predicted molar refractivity (Wildman–Crippen MR) is 75.0 cm³/mol. The van der Waals surface area contributed by atoms with Gasteiger partial charge in [-0.25, -0.2) is 14.3 Å². The van der Waals surface area contributed by atoms with E-state index in [2.05, 4.69) is 29.5 Å². The Bertz CT molecular complexity index is 506. The first-order valence-corrected chi connectivity index (χ1v) is 7.18. The Kier molecular flexibility index (Phi) is 4.77. The van der Waals surface area contributed by atoms with Gasteiger partial charge in [0.05, 0.1) is 12.7 Å². The van der Waals surface area contributed by atoms with Crippen LogP contribution in [0, 0.1) is 0 Å². The van der Waals surface area contributed by atoms with Crippen molar-refractivity contribution >= 4 is 12.0 Å². The van der Waals surface area contributed by atoms with Crippen molar-refractivity contribution in [3.63, 3.8) is 0 Å². The van der Waals surface area contributed by atoms with Gasteiger partial charge in [0, 0.05) is 18.6 Å². The van der Waals surface area contributed by atoms with Crippen LogP contribution < -0.4 is 5.32 Å². The molecule has 8 nitrogen and oxygen atoms in total. The quantitative estimate of drug-likeness (QED) is 0.861. The van der Waals surface area contributed by atoms with E-state index in [9.17, 15) is 9.59 Å². The zero-order valence-electron chi connectivity index (χ0n) is 12.3. The molecule has 1 saturated heterocycles. The molecule has 1 aliphatic heterocycles. The molecular weight excluding hydrogens is 274 g/mol. The number of aromatic nitrogens is 3. The zero-order chi connectivity index (χ0) is 15.4. The number of urea groups is 1. The van der Waals surface area contributed by atoms with Crippen LogP contribution in [0.25, 0.3) is 0 Å². The molecule has 2 unspecified atom stereocenters. The maximum Gasteiger partial charge on any atom is 0.358 e. The number of carboxylic acid groups (broad SMARTS) is 1. The van der Waals surface area contributed by atoms with Gasteiger partial charge in [0.1, 0.15) is 0 Å². The molecular formula is C13H21N5O3. The van der Waals surface area contributed by atoms with E-state index in [0.717, 1.165) is 19.3 Å². The second-order valence-corrected chi connectivity index (χ2v) is 5.44. The third-order valence-electron chi connectivity index (χ3n) is 3.80. The fraction of sp³-hybridized carbons (Fsp3) is 0.692. The van der Waals surface area contributed by atoms with Gasteiger partial charge in [0.15, 0.2) is 5.69 Å². The molecule has 21 heavy (non-hydrogen) atoms. The molecule has 0 bridgehead atoms. The van der Waals surface area contributed by atoms with E-state index >= 15 is 0 Å². The second-order valence-electron chi connectivity index (χ2n) is 5.44. The molecule has 1 aromatic rings. The van der Waals surface area contributed by atoms with Crippen LogP contribution in [0.4, 0.5) is 4.79 Å². The number of piperidine rings is 1. The van der Waals surface area contributed by atoms with Crippen LogP contribution in [0.2, 0.25) is 0 Å². The number of hydrogen-bond donors (Lipinski definition) is 2. The summed E-state index contributed by atoms with van der Waals surface area (Å²) in [6.07, 6.45) is 4.56. The second kappa shape index (κ2) is 6.55. The fourth-order valence-corrected chi connectivity index (χ4v) is 2.70. The highest BCUT2D eigenvalue weighted by Gasteiger charge is 2.28. The Labute approximate surface area is 123 Å². The topological polar surface area (TPSA) is 100 Å². The number of aromatic carboxylic acids is 1. The molecule has 2 rings (SSSR count). The average Bonchev–Trinajstić information content (AvgIpc) is 2.87. The first-order valence-electron chi connectivity index (χ1n) is 7.18. The van der Waals surface area contributed by atoms with Crippen LogP contribution >= 0.6 is 0 Å². The summed E-state index contributed by atoms with van der Waals surface area (Å²) in [5, 5.41) is 18.8. The summed E-state index contributed by atoms with van der Waals surface area (Å²) in [5.41, 5.74) is -0.0976. The van der Waals surface area contributed by atoms with Gasteiger partial charge < -0.3 is 15.3 Å². The van der Waals surface area contributed by atoms with Crippen LogP contribution in [0.3, 0.4) is 0 Å². The van der Waals surface area contributed by atoms with E-state index in [1.165, 1.54) is 10.9 Å². The van der Waals surface area contributed by atoms with Crippen LogP contribution in [0.15, 0.2) is 6.20 Å². The maximum absolute atomic E-state index is 12.2. The summed E-state index contributed by atoms with van der Waals surface area (Å²) >= 11 is 0. The van der Waals surface area contributed by atoms with Crippen LogP contribution in [0.1, 0.15) is 43.6 Å².